The number of hydrogen-bond donors (Lipinski definition) is 0. The molecule has 0 aromatic carbocycles. The quantitative estimate of drug-likeness (QED) is 0.579. The zero-order valence-electron chi connectivity index (χ0n) is 13.9. The molecule has 22 heavy (non-hydrogen) atoms. The lowest BCUT2D eigenvalue weighted by atomic mass is 9.44. The normalized spacial score (nSPS) is 51.7. The van der Waals surface area contributed by atoms with Gasteiger partial charge in [0.25, 0.3) is 0 Å². The molecular formula is C19H26O3. The number of epoxide rings is 1. The van der Waals surface area contributed by atoms with Crippen molar-refractivity contribution in [3.05, 3.63) is 11.6 Å². The molecule has 1 heterocycles. The molecule has 1 aliphatic heterocycles. The van der Waals surface area contributed by atoms with Gasteiger partial charge in [0.05, 0.1) is 0 Å². The highest BCUT2D eigenvalue weighted by Gasteiger charge is 2.80. The molecule has 0 radical (unpaired) electrons. The predicted molar refractivity (Wildman–Crippen MR) is 83.3 cm³/mol. The Labute approximate surface area is 132 Å². The van der Waals surface area contributed by atoms with Crippen molar-refractivity contribution in [3.63, 3.8) is 0 Å². The van der Waals surface area contributed by atoms with E-state index in [0.29, 0.717) is 22.8 Å². The van der Waals surface area contributed by atoms with E-state index in [1.165, 1.54) is 19.3 Å². The SMILES string of the molecule is CC1(C)CCCC2(C)C1CCC13OC1(C=O)C(C=O)=CCC23. The van der Waals surface area contributed by atoms with Crippen LogP contribution >= 0.6 is 0 Å². The van der Waals surface area contributed by atoms with E-state index in [4.69, 9.17) is 4.74 Å². The maximum absolute atomic E-state index is 11.8. The first-order valence-electron chi connectivity index (χ1n) is 8.69. The third kappa shape index (κ3) is 1.42. The van der Waals surface area contributed by atoms with Gasteiger partial charge in [-0.1, -0.05) is 33.3 Å². The number of allylic oxidation sites excluding steroid dienone is 1. The van der Waals surface area contributed by atoms with Crippen LogP contribution < -0.4 is 0 Å². The number of hydrogen-bond acceptors (Lipinski definition) is 3. The van der Waals surface area contributed by atoms with Gasteiger partial charge in [0.1, 0.15) is 11.9 Å². The van der Waals surface area contributed by atoms with E-state index in [0.717, 1.165) is 31.8 Å². The summed E-state index contributed by atoms with van der Waals surface area (Å²) in [6.45, 7) is 7.23. The first-order valence-corrected chi connectivity index (χ1v) is 8.69. The van der Waals surface area contributed by atoms with Crippen LogP contribution in [0.3, 0.4) is 0 Å². The van der Waals surface area contributed by atoms with Crippen LogP contribution in [0.15, 0.2) is 11.6 Å². The molecule has 4 rings (SSSR count). The minimum atomic E-state index is -0.923. The molecule has 5 atom stereocenters. The maximum Gasteiger partial charge on any atom is 0.181 e. The number of fused-ring (bicyclic) bond motifs is 2. The standard InChI is InChI=1S/C19H26O3/c1-16(2)8-4-9-17(3)14(16)7-10-18-15(17)6-5-13(11-20)19(18,12-21)22-18/h5,11-12,14-15H,4,6-10H2,1-3H3. The van der Waals surface area contributed by atoms with Crippen molar-refractivity contribution >= 4 is 12.6 Å². The van der Waals surface area contributed by atoms with E-state index in [9.17, 15) is 9.59 Å². The average Bonchev–Trinajstić information content (AvgIpc) is 3.14. The molecule has 0 bridgehead atoms. The van der Waals surface area contributed by atoms with E-state index in [2.05, 4.69) is 20.8 Å². The van der Waals surface area contributed by atoms with Gasteiger partial charge < -0.3 is 4.74 Å². The topological polar surface area (TPSA) is 46.7 Å². The maximum atomic E-state index is 11.8. The molecule has 3 heteroatoms. The molecule has 4 aliphatic rings. The Morgan fingerprint density at radius 2 is 1.91 bits per heavy atom. The van der Waals surface area contributed by atoms with Crippen molar-refractivity contribution < 1.29 is 14.3 Å². The molecule has 0 aromatic heterocycles. The molecule has 3 aliphatic carbocycles. The highest BCUT2D eigenvalue weighted by atomic mass is 16.6. The van der Waals surface area contributed by atoms with Crippen LogP contribution in [0.25, 0.3) is 0 Å². The third-order valence-electron chi connectivity index (χ3n) is 7.66. The minimum Gasteiger partial charge on any atom is -0.349 e. The largest absolute Gasteiger partial charge is 0.349 e. The molecule has 0 aromatic rings. The Morgan fingerprint density at radius 1 is 1.14 bits per heavy atom. The lowest BCUT2D eigenvalue weighted by Gasteiger charge is -2.59. The monoisotopic (exact) mass is 302 g/mol. The van der Waals surface area contributed by atoms with Gasteiger partial charge in [0.2, 0.25) is 0 Å². The van der Waals surface area contributed by atoms with Gasteiger partial charge in [-0.25, -0.2) is 0 Å². The van der Waals surface area contributed by atoms with Gasteiger partial charge in [-0.3, -0.25) is 9.59 Å². The molecule has 120 valence electrons. The molecule has 0 N–H and O–H groups in total. The summed E-state index contributed by atoms with van der Waals surface area (Å²) in [7, 11) is 0. The molecular weight excluding hydrogens is 276 g/mol. The van der Waals surface area contributed by atoms with Gasteiger partial charge in [0, 0.05) is 11.5 Å². The highest BCUT2D eigenvalue weighted by Crippen LogP contribution is 2.73. The Hall–Kier alpha value is -0.960. The summed E-state index contributed by atoms with van der Waals surface area (Å²) in [5, 5.41) is 0. The molecule has 2 saturated carbocycles. The summed E-state index contributed by atoms with van der Waals surface area (Å²) >= 11 is 0. The van der Waals surface area contributed by atoms with E-state index in [-0.39, 0.29) is 5.41 Å². The van der Waals surface area contributed by atoms with Crippen LogP contribution in [-0.2, 0) is 14.3 Å². The van der Waals surface area contributed by atoms with E-state index >= 15 is 0 Å². The van der Waals surface area contributed by atoms with Crippen molar-refractivity contribution in [3.8, 4) is 0 Å². The Bertz CT molecular complexity index is 577. The lowest BCUT2D eigenvalue weighted by Crippen LogP contribution is -2.57. The summed E-state index contributed by atoms with van der Waals surface area (Å²) in [6.07, 6.45) is 10.4. The average molecular weight is 302 g/mol. The second-order valence-corrected chi connectivity index (χ2v) is 8.85. The third-order valence-corrected chi connectivity index (χ3v) is 7.66. The fraction of sp³-hybridized carbons (Fsp3) is 0.789. The fourth-order valence-corrected chi connectivity index (χ4v) is 6.68. The van der Waals surface area contributed by atoms with Crippen LogP contribution in [0, 0.1) is 22.7 Å². The second kappa shape index (κ2) is 4.11. The fourth-order valence-electron chi connectivity index (χ4n) is 6.68. The van der Waals surface area contributed by atoms with E-state index < -0.39 is 11.2 Å². The molecule has 3 nitrogen and oxygen atoms in total. The smallest absolute Gasteiger partial charge is 0.181 e. The number of carbonyl (C=O) groups is 2. The van der Waals surface area contributed by atoms with Gasteiger partial charge in [-0.15, -0.1) is 0 Å². The first kappa shape index (κ1) is 14.6. The van der Waals surface area contributed by atoms with E-state index in [1.807, 2.05) is 6.08 Å². The molecule has 1 saturated heterocycles. The summed E-state index contributed by atoms with van der Waals surface area (Å²) in [5.74, 6) is 1.05. The summed E-state index contributed by atoms with van der Waals surface area (Å²) in [4.78, 5) is 23.2. The van der Waals surface area contributed by atoms with Gasteiger partial charge in [0.15, 0.2) is 11.9 Å². The van der Waals surface area contributed by atoms with Crippen LogP contribution in [0.5, 0.6) is 0 Å². The van der Waals surface area contributed by atoms with Gasteiger partial charge >= 0.3 is 0 Å². The number of rotatable bonds is 2. The van der Waals surface area contributed by atoms with Crippen LogP contribution in [-0.4, -0.2) is 23.8 Å². The molecule has 5 unspecified atom stereocenters. The minimum absolute atomic E-state index is 0.218. The number of carbonyl (C=O) groups excluding carboxylic acids is 2. The van der Waals surface area contributed by atoms with Crippen molar-refractivity contribution in [2.45, 2.75) is 70.5 Å². The summed E-state index contributed by atoms with van der Waals surface area (Å²) in [6, 6.07) is 0. The molecule has 3 fully saturated rings. The Kier molecular flexibility index (Phi) is 2.73. The van der Waals surface area contributed by atoms with Crippen molar-refractivity contribution in [2.24, 2.45) is 22.7 Å². The Morgan fingerprint density at radius 3 is 2.59 bits per heavy atom. The lowest BCUT2D eigenvalue weighted by molar-refractivity contribution is -0.116. The van der Waals surface area contributed by atoms with Crippen molar-refractivity contribution in [1.29, 1.82) is 0 Å². The molecule has 0 amide bonds. The zero-order chi connectivity index (χ0) is 15.8. The number of aldehydes is 2. The van der Waals surface area contributed by atoms with Crippen LogP contribution in [0.4, 0.5) is 0 Å². The summed E-state index contributed by atoms with van der Waals surface area (Å²) < 4.78 is 6.12. The summed E-state index contributed by atoms with van der Waals surface area (Å²) in [5.41, 5.74) is -0.167. The van der Waals surface area contributed by atoms with E-state index in [1.54, 1.807) is 0 Å². The van der Waals surface area contributed by atoms with Gasteiger partial charge in [-0.2, -0.15) is 0 Å². The van der Waals surface area contributed by atoms with Crippen LogP contribution in [0.1, 0.15) is 59.3 Å². The highest BCUT2D eigenvalue weighted by molar-refractivity contribution is 5.92. The second-order valence-electron chi connectivity index (χ2n) is 8.85. The zero-order valence-corrected chi connectivity index (χ0v) is 13.9. The van der Waals surface area contributed by atoms with Gasteiger partial charge in [-0.05, 0) is 48.9 Å². The first-order chi connectivity index (χ1) is 10.4. The van der Waals surface area contributed by atoms with Crippen LogP contribution in [0.2, 0.25) is 0 Å². The Balaban J connectivity index is 1.80. The van der Waals surface area contributed by atoms with Crippen molar-refractivity contribution in [1.82, 2.24) is 0 Å². The van der Waals surface area contributed by atoms with Crippen molar-refractivity contribution in [2.75, 3.05) is 0 Å². The molecule has 1 spiro atoms. The predicted octanol–water partition coefficient (Wildman–Crippen LogP) is 3.46. The number of ether oxygens (including phenoxy) is 1.